The summed E-state index contributed by atoms with van der Waals surface area (Å²) in [5.74, 6) is 1.40. The van der Waals surface area contributed by atoms with Gasteiger partial charge in [-0.1, -0.05) is 12.1 Å². The minimum Gasteiger partial charge on any atom is -0.497 e. The first kappa shape index (κ1) is 25.7. The second-order valence-electron chi connectivity index (χ2n) is 8.76. The van der Waals surface area contributed by atoms with Gasteiger partial charge in [-0.25, -0.2) is 0 Å². The zero-order valence-electron chi connectivity index (χ0n) is 20.2. The van der Waals surface area contributed by atoms with Crippen LogP contribution >= 0.6 is 0 Å². The molecule has 0 spiro atoms. The third-order valence-electron chi connectivity index (χ3n) is 6.31. The quantitative estimate of drug-likeness (QED) is 0.344. The Hall–Kier alpha value is -2.90. The number of aliphatic hydroxyl groups excluding tert-OH is 1. The number of rotatable bonds is 13. The molecule has 3 rings (SSSR count). The van der Waals surface area contributed by atoms with Crippen LogP contribution in [0.2, 0.25) is 0 Å². The highest BCUT2D eigenvalue weighted by Gasteiger charge is 2.26. The summed E-state index contributed by atoms with van der Waals surface area (Å²) in [6.07, 6.45) is 3.43. The third-order valence-corrected chi connectivity index (χ3v) is 6.31. The first-order chi connectivity index (χ1) is 16.5. The van der Waals surface area contributed by atoms with Crippen LogP contribution in [0, 0.1) is 0 Å². The number of hydrogen-bond acceptors (Lipinski definition) is 6. The predicted molar refractivity (Wildman–Crippen MR) is 131 cm³/mol. The van der Waals surface area contributed by atoms with Gasteiger partial charge in [0.15, 0.2) is 5.78 Å². The molecular weight excluding hydrogens is 432 g/mol. The van der Waals surface area contributed by atoms with E-state index >= 15 is 0 Å². The Kier molecular flexibility index (Phi) is 9.91. The Morgan fingerprint density at radius 3 is 2.06 bits per heavy atom. The largest absolute Gasteiger partial charge is 0.497 e. The van der Waals surface area contributed by atoms with Gasteiger partial charge < -0.3 is 24.8 Å². The van der Waals surface area contributed by atoms with Gasteiger partial charge in [0.1, 0.15) is 17.6 Å². The van der Waals surface area contributed by atoms with Crippen molar-refractivity contribution >= 4 is 11.7 Å². The van der Waals surface area contributed by atoms with Crippen LogP contribution in [0.15, 0.2) is 48.5 Å². The molecule has 0 saturated carbocycles. The summed E-state index contributed by atoms with van der Waals surface area (Å²) in [6, 6.07) is 14.0. The average molecular weight is 469 g/mol. The number of likely N-dealkylation sites (tertiary alicyclic amines) is 1. The maximum Gasteiger partial charge on any atom is 0.220 e. The lowest BCUT2D eigenvalue weighted by Crippen LogP contribution is -2.46. The molecule has 184 valence electrons. The highest BCUT2D eigenvalue weighted by atomic mass is 16.5. The van der Waals surface area contributed by atoms with Gasteiger partial charge in [0.2, 0.25) is 5.91 Å². The molecule has 1 fully saturated rings. The molecule has 1 saturated heterocycles. The number of unbranched alkanes of at least 4 members (excludes halogenated alkanes) is 1. The monoisotopic (exact) mass is 468 g/mol. The number of benzene rings is 2. The van der Waals surface area contributed by atoms with Crippen molar-refractivity contribution in [2.75, 3.05) is 33.9 Å². The molecule has 2 N–H and O–H groups in total. The van der Waals surface area contributed by atoms with Gasteiger partial charge in [0.25, 0.3) is 0 Å². The van der Waals surface area contributed by atoms with E-state index < -0.39 is 12.1 Å². The second kappa shape index (κ2) is 13.1. The summed E-state index contributed by atoms with van der Waals surface area (Å²) in [4.78, 5) is 27.3. The molecule has 0 aliphatic carbocycles. The van der Waals surface area contributed by atoms with Gasteiger partial charge in [-0.2, -0.15) is 0 Å². The summed E-state index contributed by atoms with van der Waals surface area (Å²) in [5.41, 5.74) is 1.40. The van der Waals surface area contributed by atoms with Gasteiger partial charge in [0.05, 0.1) is 20.3 Å². The number of ketones is 1. The minimum absolute atomic E-state index is 0.0601. The van der Waals surface area contributed by atoms with E-state index in [1.807, 2.05) is 24.3 Å². The molecule has 2 aromatic carbocycles. The van der Waals surface area contributed by atoms with Crippen LogP contribution in [0.3, 0.4) is 0 Å². The average Bonchev–Trinajstić information content (AvgIpc) is 3.39. The molecular formula is C27H36N2O5. The third kappa shape index (κ3) is 7.57. The maximum atomic E-state index is 12.7. The van der Waals surface area contributed by atoms with Crippen LogP contribution in [0.4, 0.5) is 0 Å². The van der Waals surface area contributed by atoms with Crippen molar-refractivity contribution in [3.8, 4) is 11.5 Å². The Morgan fingerprint density at radius 1 is 0.912 bits per heavy atom. The fraction of sp³-hybridized carbons (Fsp3) is 0.481. The van der Waals surface area contributed by atoms with Gasteiger partial charge in [-0.05, 0) is 80.7 Å². The number of Topliss-reactive ketones (excluding diaryl/α,β-unsaturated/α-hetero) is 1. The van der Waals surface area contributed by atoms with Gasteiger partial charge in [-0.3, -0.25) is 9.59 Å². The van der Waals surface area contributed by atoms with E-state index in [1.165, 1.54) is 0 Å². The number of aliphatic hydroxyl groups is 1. The number of nitrogens with one attached hydrogen (secondary N) is 1. The van der Waals surface area contributed by atoms with Gasteiger partial charge >= 0.3 is 0 Å². The zero-order valence-corrected chi connectivity index (χ0v) is 20.2. The number of hydrogen-bond donors (Lipinski definition) is 2. The summed E-state index contributed by atoms with van der Waals surface area (Å²) < 4.78 is 10.3. The van der Waals surface area contributed by atoms with Crippen molar-refractivity contribution in [3.63, 3.8) is 0 Å². The number of carbonyl (C=O) groups excluding carboxylic acids is 2. The van der Waals surface area contributed by atoms with Crippen molar-refractivity contribution in [2.24, 2.45) is 0 Å². The van der Waals surface area contributed by atoms with Crippen LogP contribution in [-0.4, -0.2) is 61.6 Å². The molecule has 34 heavy (non-hydrogen) atoms. The number of ether oxygens (including phenoxy) is 2. The van der Waals surface area contributed by atoms with E-state index in [-0.39, 0.29) is 11.7 Å². The Labute approximate surface area is 202 Å². The summed E-state index contributed by atoms with van der Waals surface area (Å²) in [6.45, 7) is 2.57. The predicted octanol–water partition coefficient (Wildman–Crippen LogP) is 3.76. The van der Waals surface area contributed by atoms with E-state index in [2.05, 4.69) is 10.2 Å². The molecule has 0 bridgehead atoms. The molecule has 0 radical (unpaired) electrons. The molecule has 0 aromatic heterocycles. The van der Waals surface area contributed by atoms with E-state index in [0.29, 0.717) is 43.5 Å². The van der Waals surface area contributed by atoms with E-state index in [0.717, 1.165) is 37.2 Å². The van der Waals surface area contributed by atoms with Crippen LogP contribution in [0.25, 0.3) is 0 Å². The first-order valence-corrected chi connectivity index (χ1v) is 12.0. The standard InChI is InChI=1S/C27H36N2O5/c1-33-22-13-9-20(10-14-22)25(30)7-3-4-8-26(31)28-24(19-29-17-5-6-18-29)27(32)21-11-15-23(34-2)16-12-21/h9-16,24,27,32H,3-8,17-19H2,1-2H3,(H,28,31)/t24-,27-/m1/s1. The van der Waals surface area contributed by atoms with Crippen LogP contribution < -0.4 is 14.8 Å². The summed E-state index contributed by atoms with van der Waals surface area (Å²) in [7, 11) is 3.19. The molecule has 1 heterocycles. The molecule has 1 amide bonds. The summed E-state index contributed by atoms with van der Waals surface area (Å²) in [5, 5.41) is 14.1. The first-order valence-electron chi connectivity index (χ1n) is 12.0. The van der Waals surface area contributed by atoms with E-state index in [4.69, 9.17) is 9.47 Å². The van der Waals surface area contributed by atoms with Gasteiger partial charge in [-0.15, -0.1) is 0 Å². The Morgan fingerprint density at radius 2 is 1.47 bits per heavy atom. The summed E-state index contributed by atoms with van der Waals surface area (Å²) >= 11 is 0. The lowest BCUT2D eigenvalue weighted by Gasteiger charge is -2.29. The number of carbonyl (C=O) groups is 2. The normalized spacial score (nSPS) is 15.5. The minimum atomic E-state index is -0.813. The lowest BCUT2D eigenvalue weighted by molar-refractivity contribution is -0.123. The fourth-order valence-corrected chi connectivity index (χ4v) is 4.27. The van der Waals surface area contributed by atoms with E-state index in [9.17, 15) is 14.7 Å². The smallest absolute Gasteiger partial charge is 0.220 e. The molecule has 2 atom stereocenters. The van der Waals surface area contributed by atoms with Crippen molar-refractivity contribution in [1.82, 2.24) is 10.2 Å². The van der Waals surface area contributed by atoms with Crippen molar-refractivity contribution < 1.29 is 24.2 Å². The SMILES string of the molecule is COc1ccc(C(=O)CCCCC(=O)N[C@H](CN2CCCC2)[C@H](O)c2ccc(OC)cc2)cc1. The van der Waals surface area contributed by atoms with Crippen molar-refractivity contribution in [3.05, 3.63) is 59.7 Å². The van der Waals surface area contributed by atoms with Crippen molar-refractivity contribution in [2.45, 2.75) is 50.7 Å². The molecule has 2 aromatic rings. The highest BCUT2D eigenvalue weighted by Crippen LogP contribution is 2.22. The van der Waals surface area contributed by atoms with Crippen LogP contribution in [-0.2, 0) is 4.79 Å². The molecule has 7 nitrogen and oxygen atoms in total. The second-order valence-corrected chi connectivity index (χ2v) is 8.76. The van der Waals surface area contributed by atoms with E-state index in [1.54, 1.807) is 38.5 Å². The molecule has 0 unspecified atom stereocenters. The molecule has 1 aliphatic rings. The van der Waals surface area contributed by atoms with Crippen molar-refractivity contribution in [1.29, 1.82) is 0 Å². The number of nitrogens with zero attached hydrogens (tertiary/aromatic N) is 1. The Balaban J connectivity index is 1.49. The lowest BCUT2D eigenvalue weighted by atomic mass is 10.0. The molecule has 7 heteroatoms. The molecule has 1 aliphatic heterocycles. The number of amides is 1. The number of methoxy groups -OCH3 is 2. The fourth-order valence-electron chi connectivity index (χ4n) is 4.27. The Bertz CT molecular complexity index is 908. The van der Waals surface area contributed by atoms with Gasteiger partial charge in [0, 0.05) is 24.9 Å². The topological polar surface area (TPSA) is 88.1 Å². The maximum absolute atomic E-state index is 12.7. The zero-order chi connectivity index (χ0) is 24.3. The van der Waals surface area contributed by atoms with Crippen LogP contribution in [0.1, 0.15) is 60.6 Å². The van der Waals surface area contributed by atoms with Crippen LogP contribution in [0.5, 0.6) is 11.5 Å². The highest BCUT2D eigenvalue weighted by molar-refractivity contribution is 5.96.